The minimum atomic E-state index is -1.30. The Bertz CT molecular complexity index is 1180. The zero-order chi connectivity index (χ0) is 23.6. The summed E-state index contributed by atoms with van der Waals surface area (Å²) >= 11 is 1.19. The molecule has 0 aliphatic carbocycles. The van der Waals surface area contributed by atoms with Gasteiger partial charge in [-0.1, -0.05) is 23.5 Å². The first-order valence-corrected chi connectivity index (χ1v) is 11.9. The van der Waals surface area contributed by atoms with Gasteiger partial charge in [-0.2, -0.15) is 0 Å². The van der Waals surface area contributed by atoms with E-state index in [4.69, 9.17) is 0 Å². The molecule has 10 heteroatoms. The van der Waals surface area contributed by atoms with Crippen LogP contribution in [0.5, 0.6) is 5.75 Å². The maximum absolute atomic E-state index is 12.7. The molecule has 1 aromatic carbocycles. The summed E-state index contributed by atoms with van der Waals surface area (Å²) in [4.78, 5) is 21.9. The number of aryl methyl sites for hydroxylation is 2. The highest BCUT2D eigenvalue weighted by atomic mass is 32.2. The van der Waals surface area contributed by atoms with Crippen LogP contribution in [0.1, 0.15) is 47.1 Å². The molecule has 0 spiro atoms. The van der Waals surface area contributed by atoms with E-state index >= 15 is 0 Å². The second-order valence-corrected chi connectivity index (χ2v) is 11.4. The third-order valence-electron chi connectivity index (χ3n) is 4.69. The quantitative estimate of drug-likeness (QED) is 0.399. The van der Waals surface area contributed by atoms with E-state index in [1.807, 2.05) is 40.7 Å². The first-order chi connectivity index (χ1) is 15.0. The maximum Gasteiger partial charge on any atom is 0.267 e. The van der Waals surface area contributed by atoms with Gasteiger partial charge in [0.15, 0.2) is 5.13 Å². The molecule has 2 aromatic heterocycles. The van der Waals surface area contributed by atoms with Gasteiger partial charge in [-0.3, -0.25) is 9.52 Å². The van der Waals surface area contributed by atoms with Crippen LogP contribution in [0.15, 0.2) is 30.5 Å². The van der Waals surface area contributed by atoms with Crippen LogP contribution in [0.4, 0.5) is 22.5 Å². The van der Waals surface area contributed by atoms with Gasteiger partial charge in [0.1, 0.15) is 33.2 Å². The van der Waals surface area contributed by atoms with Crippen LogP contribution in [0.2, 0.25) is 0 Å². The van der Waals surface area contributed by atoms with Crippen molar-refractivity contribution in [2.75, 3.05) is 15.4 Å². The number of nitrogens with zero attached hydrogens (tertiary/aromatic N) is 2. The molecule has 0 radical (unpaired) electrons. The van der Waals surface area contributed by atoms with Gasteiger partial charge in [0.25, 0.3) is 5.91 Å². The summed E-state index contributed by atoms with van der Waals surface area (Å²) in [7, 11) is -1.30. The number of aromatic nitrogens is 2. The lowest BCUT2D eigenvalue weighted by Gasteiger charge is -2.18. The van der Waals surface area contributed by atoms with Crippen molar-refractivity contribution in [2.45, 2.75) is 46.3 Å². The number of phenols is 1. The summed E-state index contributed by atoms with van der Waals surface area (Å²) in [5, 5.41) is 16.4. The highest BCUT2D eigenvalue weighted by Gasteiger charge is 2.20. The number of amides is 1. The van der Waals surface area contributed by atoms with Crippen molar-refractivity contribution in [3.05, 3.63) is 52.0 Å². The molecule has 170 valence electrons. The molecule has 32 heavy (non-hydrogen) atoms. The summed E-state index contributed by atoms with van der Waals surface area (Å²) in [5.41, 5.74) is 2.93. The number of anilines is 4. The van der Waals surface area contributed by atoms with Crippen LogP contribution in [0.25, 0.3) is 0 Å². The van der Waals surface area contributed by atoms with E-state index in [2.05, 4.69) is 25.3 Å². The molecule has 0 aliphatic rings. The minimum Gasteiger partial charge on any atom is -0.508 e. The molecule has 4 N–H and O–H groups in total. The molecule has 0 aliphatic heterocycles. The van der Waals surface area contributed by atoms with Crippen molar-refractivity contribution < 1.29 is 14.1 Å². The summed E-state index contributed by atoms with van der Waals surface area (Å²) < 4.78 is 14.8. The van der Waals surface area contributed by atoms with Crippen LogP contribution in [0, 0.1) is 20.8 Å². The molecular formula is C22H27N5O3S2. The van der Waals surface area contributed by atoms with E-state index in [-0.39, 0.29) is 11.7 Å². The van der Waals surface area contributed by atoms with Gasteiger partial charge >= 0.3 is 0 Å². The first-order valence-electron chi connectivity index (χ1n) is 9.95. The number of benzene rings is 1. The van der Waals surface area contributed by atoms with Crippen LogP contribution >= 0.6 is 11.3 Å². The number of pyridine rings is 1. The van der Waals surface area contributed by atoms with E-state index in [1.165, 1.54) is 17.5 Å². The Labute approximate surface area is 194 Å². The summed E-state index contributed by atoms with van der Waals surface area (Å²) in [6, 6.07) is 6.99. The van der Waals surface area contributed by atoms with Gasteiger partial charge in [-0.05, 0) is 64.8 Å². The average molecular weight is 474 g/mol. The third kappa shape index (κ3) is 5.43. The summed E-state index contributed by atoms with van der Waals surface area (Å²) in [5.74, 6) is 0.852. The van der Waals surface area contributed by atoms with Crippen LogP contribution in [-0.4, -0.2) is 29.9 Å². The van der Waals surface area contributed by atoms with Crippen LogP contribution in [-0.2, 0) is 11.0 Å². The number of aromatic hydroxyl groups is 1. The predicted octanol–water partition coefficient (Wildman–Crippen LogP) is 5.04. The lowest BCUT2D eigenvalue weighted by Crippen LogP contribution is -2.27. The van der Waals surface area contributed by atoms with Gasteiger partial charge in [0, 0.05) is 5.56 Å². The van der Waals surface area contributed by atoms with Crippen LogP contribution < -0.4 is 15.4 Å². The Kier molecular flexibility index (Phi) is 6.85. The van der Waals surface area contributed by atoms with Crippen molar-refractivity contribution in [1.29, 1.82) is 0 Å². The molecular weight excluding hydrogens is 446 g/mol. The second-order valence-electron chi connectivity index (χ2n) is 8.36. The molecule has 0 saturated heterocycles. The highest BCUT2D eigenvalue weighted by Crippen LogP contribution is 2.30. The fraction of sp³-hybridized carbons (Fsp3) is 0.318. The number of rotatable bonds is 6. The average Bonchev–Trinajstić information content (AvgIpc) is 3.18. The Balaban J connectivity index is 1.75. The topological polar surface area (TPSA) is 116 Å². The third-order valence-corrected chi connectivity index (χ3v) is 7.11. The standard InChI is InChI=1S/C22H27N5O3S2/c1-12-7-9-15(28)14(3)18(12)25-20(29)16-11-23-21(31-16)26-19-13(2)8-10-17(24-19)27-32(30)22(4,5)6/h7-11,28H,1-6H3,(H,25,29)(H2,23,24,26,27). The zero-order valence-corrected chi connectivity index (χ0v) is 20.5. The SMILES string of the molecule is Cc1ccc(NS(=O)C(C)(C)C)nc1Nc1ncc(C(=O)Nc2c(C)ccc(O)c2C)s1. The largest absolute Gasteiger partial charge is 0.508 e. The van der Waals surface area contributed by atoms with Crippen LogP contribution in [0.3, 0.4) is 0 Å². The molecule has 3 rings (SSSR count). The van der Waals surface area contributed by atoms with Gasteiger partial charge in [-0.25, -0.2) is 14.2 Å². The molecule has 8 nitrogen and oxygen atoms in total. The summed E-state index contributed by atoms with van der Waals surface area (Å²) in [6.45, 7) is 11.2. The fourth-order valence-electron chi connectivity index (χ4n) is 2.70. The maximum atomic E-state index is 12.7. The predicted molar refractivity (Wildman–Crippen MR) is 131 cm³/mol. The lowest BCUT2D eigenvalue weighted by molar-refractivity contribution is 0.103. The molecule has 2 heterocycles. The second kappa shape index (κ2) is 9.25. The van der Waals surface area contributed by atoms with Gasteiger partial charge < -0.3 is 15.7 Å². The lowest BCUT2D eigenvalue weighted by atomic mass is 10.1. The normalized spacial score (nSPS) is 12.3. The van der Waals surface area contributed by atoms with E-state index in [0.29, 0.717) is 32.9 Å². The fourth-order valence-corrected chi connectivity index (χ4v) is 4.02. The van der Waals surface area contributed by atoms with E-state index in [9.17, 15) is 14.1 Å². The Morgan fingerprint density at radius 1 is 1.09 bits per heavy atom. The Morgan fingerprint density at radius 2 is 1.78 bits per heavy atom. The number of carbonyl (C=O) groups is 1. The Hall–Kier alpha value is -2.98. The molecule has 0 fully saturated rings. The number of hydrogen-bond acceptors (Lipinski definition) is 7. The molecule has 1 unspecified atom stereocenters. The Morgan fingerprint density at radius 3 is 2.47 bits per heavy atom. The number of thiazole rings is 1. The van der Waals surface area contributed by atoms with Gasteiger partial charge in [0.2, 0.25) is 0 Å². The van der Waals surface area contributed by atoms with Crippen molar-refractivity contribution in [3.8, 4) is 5.75 Å². The number of phenolic OH excluding ortho intramolecular Hbond substituents is 1. The molecule has 0 bridgehead atoms. The number of carbonyl (C=O) groups excluding carboxylic acids is 1. The number of nitrogens with one attached hydrogen (secondary N) is 3. The summed E-state index contributed by atoms with van der Waals surface area (Å²) in [6.07, 6.45) is 1.49. The van der Waals surface area contributed by atoms with E-state index in [0.717, 1.165) is 11.1 Å². The van der Waals surface area contributed by atoms with Crippen molar-refractivity contribution >= 4 is 50.7 Å². The van der Waals surface area contributed by atoms with E-state index in [1.54, 1.807) is 25.1 Å². The first kappa shape index (κ1) is 23.7. The minimum absolute atomic E-state index is 0.125. The number of hydrogen-bond donors (Lipinski definition) is 4. The monoisotopic (exact) mass is 473 g/mol. The van der Waals surface area contributed by atoms with Crippen molar-refractivity contribution in [1.82, 2.24) is 9.97 Å². The zero-order valence-electron chi connectivity index (χ0n) is 18.9. The molecule has 1 amide bonds. The smallest absolute Gasteiger partial charge is 0.267 e. The van der Waals surface area contributed by atoms with Crippen molar-refractivity contribution in [3.63, 3.8) is 0 Å². The molecule has 3 aromatic rings. The van der Waals surface area contributed by atoms with Gasteiger partial charge in [0.05, 0.1) is 16.6 Å². The molecule has 0 saturated carbocycles. The highest BCUT2D eigenvalue weighted by molar-refractivity contribution is 7.87. The van der Waals surface area contributed by atoms with Crippen molar-refractivity contribution in [2.24, 2.45) is 0 Å². The molecule has 1 atom stereocenters. The van der Waals surface area contributed by atoms with E-state index < -0.39 is 15.7 Å². The van der Waals surface area contributed by atoms with Gasteiger partial charge in [-0.15, -0.1) is 0 Å².